The van der Waals surface area contributed by atoms with Crippen molar-refractivity contribution in [2.75, 3.05) is 6.54 Å². The fourth-order valence-electron chi connectivity index (χ4n) is 6.67. The Morgan fingerprint density at radius 3 is 2.42 bits per heavy atom. The van der Waals surface area contributed by atoms with Crippen LogP contribution >= 0.6 is 0 Å². The zero-order valence-electron chi connectivity index (χ0n) is 31.1. The molecule has 2 fully saturated rings. The normalized spacial score (nSPS) is 19.2. The molecule has 1 aliphatic heterocycles. The molecule has 2 amide bonds. The van der Waals surface area contributed by atoms with Crippen molar-refractivity contribution >= 4 is 17.5 Å². The lowest BCUT2D eigenvalue weighted by Gasteiger charge is -2.25. The van der Waals surface area contributed by atoms with E-state index in [1.807, 2.05) is 20.0 Å². The van der Waals surface area contributed by atoms with Crippen molar-refractivity contribution in [3.05, 3.63) is 41.0 Å². The van der Waals surface area contributed by atoms with Crippen molar-refractivity contribution < 1.29 is 9.59 Å². The molecule has 2 aromatic rings. The van der Waals surface area contributed by atoms with Crippen molar-refractivity contribution in [3.8, 4) is 0 Å². The summed E-state index contributed by atoms with van der Waals surface area (Å²) in [6, 6.07) is -0.188. The van der Waals surface area contributed by atoms with Crippen molar-refractivity contribution in [2.24, 2.45) is 23.7 Å². The molecular formula is C38H64N8O2. The highest BCUT2D eigenvalue weighted by molar-refractivity contribution is 5.97. The van der Waals surface area contributed by atoms with E-state index in [-0.39, 0.29) is 23.8 Å². The Hall–Kier alpha value is -3.30. The first-order valence-electron chi connectivity index (χ1n) is 18.7. The topological polar surface area (TPSA) is 141 Å². The van der Waals surface area contributed by atoms with E-state index in [0.29, 0.717) is 35.8 Å². The van der Waals surface area contributed by atoms with Crippen LogP contribution in [0, 0.1) is 29.1 Å². The SMILES string of the molecule is CC1CCC(=O)NC1.CCCC(CCC1CC1)/C(C(C)=N)=C(\C)C(C)c1ncc(C(CCCC(C)CC)NC(=O)c2ncnn2CC)[nH]1. The van der Waals surface area contributed by atoms with Gasteiger partial charge in [0.2, 0.25) is 11.7 Å². The van der Waals surface area contributed by atoms with Crippen LogP contribution in [0.5, 0.6) is 0 Å². The van der Waals surface area contributed by atoms with Crippen molar-refractivity contribution in [1.82, 2.24) is 35.4 Å². The summed E-state index contributed by atoms with van der Waals surface area (Å²) in [4.78, 5) is 36.3. The number of carbonyl (C=O) groups excluding carboxylic acids is 2. The molecule has 0 bridgehead atoms. The summed E-state index contributed by atoms with van der Waals surface area (Å²) in [5, 5.41) is 18.8. The molecule has 1 saturated carbocycles. The van der Waals surface area contributed by atoms with Gasteiger partial charge < -0.3 is 21.0 Å². The van der Waals surface area contributed by atoms with Gasteiger partial charge in [0.15, 0.2) is 0 Å². The van der Waals surface area contributed by atoms with Gasteiger partial charge in [-0.2, -0.15) is 5.10 Å². The van der Waals surface area contributed by atoms with E-state index < -0.39 is 0 Å². The van der Waals surface area contributed by atoms with Gasteiger partial charge in [-0.05, 0) is 82.1 Å². The number of allylic oxidation sites excluding steroid dienone is 2. The highest BCUT2D eigenvalue weighted by Crippen LogP contribution is 2.39. The maximum Gasteiger partial charge on any atom is 0.289 e. The fraction of sp³-hybridized carbons (Fsp3) is 0.737. The highest BCUT2D eigenvalue weighted by Gasteiger charge is 2.28. The molecular weight excluding hydrogens is 600 g/mol. The molecule has 4 rings (SSSR count). The van der Waals surface area contributed by atoms with Gasteiger partial charge in [0.1, 0.15) is 12.2 Å². The van der Waals surface area contributed by atoms with E-state index in [1.165, 1.54) is 43.2 Å². The van der Waals surface area contributed by atoms with Gasteiger partial charge in [0.25, 0.3) is 5.91 Å². The van der Waals surface area contributed by atoms with Gasteiger partial charge in [0, 0.05) is 31.1 Å². The lowest BCUT2D eigenvalue weighted by atomic mass is 9.81. The smallest absolute Gasteiger partial charge is 0.289 e. The Kier molecular flexibility index (Phi) is 16.0. The highest BCUT2D eigenvalue weighted by atomic mass is 16.2. The summed E-state index contributed by atoms with van der Waals surface area (Å²) >= 11 is 0. The number of nitrogens with zero attached hydrogens (tertiary/aromatic N) is 4. The molecule has 5 atom stereocenters. The Labute approximate surface area is 289 Å². The van der Waals surface area contributed by atoms with Crippen molar-refractivity contribution in [2.45, 2.75) is 151 Å². The van der Waals surface area contributed by atoms with E-state index in [4.69, 9.17) is 10.4 Å². The number of carbonyl (C=O) groups is 2. The second-order valence-corrected chi connectivity index (χ2v) is 14.5. The average Bonchev–Trinajstić information content (AvgIpc) is 3.54. The van der Waals surface area contributed by atoms with Crippen LogP contribution in [0.3, 0.4) is 0 Å². The maximum atomic E-state index is 13.2. The van der Waals surface area contributed by atoms with Crippen LogP contribution < -0.4 is 10.6 Å². The van der Waals surface area contributed by atoms with Crippen LogP contribution in [-0.2, 0) is 11.3 Å². The molecule has 5 unspecified atom stereocenters. The zero-order chi connectivity index (χ0) is 35.2. The number of hydrogen-bond acceptors (Lipinski definition) is 6. The molecule has 268 valence electrons. The number of nitrogens with one attached hydrogen (secondary N) is 4. The van der Waals surface area contributed by atoms with E-state index >= 15 is 0 Å². The summed E-state index contributed by atoms with van der Waals surface area (Å²) in [5.74, 6) is 3.96. The molecule has 1 aliphatic carbocycles. The largest absolute Gasteiger partial charge is 0.356 e. The summed E-state index contributed by atoms with van der Waals surface area (Å²) in [7, 11) is 0. The first kappa shape index (κ1) is 39.1. The Morgan fingerprint density at radius 1 is 1.08 bits per heavy atom. The summed E-state index contributed by atoms with van der Waals surface area (Å²) in [5.41, 5.74) is 4.04. The molecule has 4 N–H and O–H groups in total. The summed E-state index contributed by atoms with van der Waals surface area (Å²) < 4.78 is 1.62. The minimum atomic E-state index is -0.215. The van der Waals surface area contributed by atoms with Gasteiger partial charge >= 0.3 is 0 Å². The molecule has 0 radical (unpaired) electrons. The molecule has 2 aliphatic rings. The van der Waals surface area contributed by atoms with Gasteiger partial charge in [0.05, 0.1) is 17.9 Å². The molecule has 2 aromatic heterocycles. The second-order valence-electron chi connectivity index (χ2n) is 14.5. The predicted molar refractivity (Wildman–Crippen MR) is 194 cm³/mol. The molecule has 10 heteroatoms. The summed E-state index contributed by atoms with van der Waals surface area (Å²) in [6.07, 6.45) is 16.7. The third kappa shape index (κ3) is 12.0. The number of aryl methyl sites for hydroxylation is 1. The molecule has 10 nitrogen and oxygen atoms in total. The van der Waals surface area contributed by atoms with E-state index in [9.17, 15) is 9.59 Å². The first-order chi connectivity index (χ1) is 23.0. The third-order valence-electron chi connectivity index (χ3n) is 10.4. The van der Waals surface area contributed by atoms with Crippen LogP contribution in [0.25, 0.3) is 0 Å². The van der Waals surface area contributed by atoms with Gasteiger partial charge in [-0.15, -0.1) is 0 Å². The van der Waals surface area contributed by atoms with E-state index in [1.54, 1.807) is 4.68 Å². The first-order valence-corrected chi connectivity index (χ1v) is 18.7. The predicted octanol–water partition coefficient (Wildman–Crippen LogP) is 8.31. The number of imidazole rings is 1. The number of hydrogen-bond donors (Lipinski definition) is 4. The lowest BCUT2D eigenvalue weighted by Crippen LogP contribution is -2.33. The summed E-state index contributed by atoms with van der Waals surface area (Å²) in [6.45, 7) is 18.6. The van der Waals surface area contributed by atoms with Gasteiger partial charge in [-0.1, -0.05) is 78.7 Å². The maximum absolute atomic E-state index is 13.2. The van der Waals surface area contributed by atoms with Crippen LogP contribution in [0.2, 0.25) is 0 Å². The Bertz CT molecular complexity index is 1330. The third-order valence-corrected chi connectivity index (χ3v) is 10.4. The lowest BCUT2D eigenvalue weighted by molar-refractivity contribution is -0.122. The molecule has 0 spiro atoms. The van der Waals surface area contributed by atoms with Gasteiger partial charge in [-0.25, -0.2) is 14.6 Å². The van der Waals surface area contributed by atoms with Gasteiger partial charge in [-0.3, -0.25) is 9.59 Å². The monoisotopic (exact) mass is 665 g/mol. The average molecular weight is 665 g/mol. The number of aromatic nitrogens is 5. The van der Waals surface area contributed by atoms with Crippen LogP contribution in [0.15, 0.2) is 23.7 Å². The number of amides is 2. The number of rotatable bonds is 18. The quantitative estimate of drug-likeness (QED) is 0.119. The second kappa shape index (κ2) is 19.6. The fourth-order valence-corrected chi connectivity index (χ4v) is 6.67. The van der Waals surface area contributed by atoms with Crippen LogP contribution in [0.4, 0.5) is 0 Å². The minimum Gasteiger partial charge on any atom is -0.356 e. The minimum absolute atomic E-state index is 0.0592. The Morgan fingerprint density at radius 2 is 1.83 bits per heavy atom. The van der Waals surface area contributed by atoms with E-state index in [2.05, 4.69) is 67.2 Å². The van der Waals surface area contributed by atoms with Crippen LogP contribution in [-0.4, -0.2) is 48.8 Å². The number of H-pyrrole nitrogens is 1. The van der Waals surface area contributed by atoms with Crippen molar-refractivity contribution in [1.29, 1.82) is 5.41 Å². The molecule has 0 aromatic carbocycles. The number of piperidine rings is 1. The van der Waals surface area contributed by atoms with Crippen LogP contribution in [0.1, 0.15) is 167 Å². The Balaban J connectivity index is 0.000000681. The van der Waals surface area contributed by atoms with Crippen molar-refractivity contribution in [3.63, 3.8) is 0 Å². The van der Waals surface area contributed by atoms with E-state index in [0.717, 1.165) is 75.3 Å². The molecule has 1 saturated heterocycles. The zero-order valence-corrected chi connectivity index (χ0v) is 31.1. The molecule has 48 heavy (non-hydrogen) atoms. The standard InChI is InChI=1S/C32H53N7O.C6H11NO/c1-8-12-26(18-17-25-15-16-25)29(24(7)33)22(5)23(6)30-34-19-28(37-30)27(14-11-13-21(4)9-2)38-32(40)31-35-20-36-39(31)10-3;1-5-2-3-6(8)7-4-5/h19-21,23,25-27,33H,8-18H2,1-7H3,(H,34,37)(H,38,40);5H,2-4H2,1H3,(H,7,8)/b29-22+,33-24?;. The molecule has 3 heterocycles. The number of aromatic amines is 1.